The Bertz CT molecular complexity index is 972. The van der Waals surface area contributed by atoms with Gasteiger partial charge in [-0.3, -0.25) is 14.2 Å². The standard InChI is InChI=1S/C20H21N3O2/c1-13(2)15-8-10-16(11-9-15)22-19(24)12-23-18-7-5-4-6-17(18)21-14(3)20(23)25/h4-11,13H,12H2,1-3H3,(H,22,24). The molecule has 0 aliphatic rings. The van der Waals surface area contributed by atoms with Crippen LogP contribution in [0.25, 0.3) is 11.0 Å². The average molecular weight is 335 g/mol. The summed E-state index contributed by atoms with van der Waals surface area (Å²) >= 11 is 0. The molecule has 0 atom stereocenters. The fourth-order valence-corrected chi connectivity index (χ4v) is 2.77. The molecule has 0 aliphatic heterocycles. The summed E-state index contributed by atoms with van der Waals surface area (Å²) in [7, 11) is 0. The molecule has 0 saturated heterocycles. The van der Waals surface area contributed by atoms with Gasteiger partial charge in [0.15, 0.2) is 0 Å². The second kappa shape index (κ2) is 6.89. The maximum Gasteiger partial charge on any atom is 0.272 e. The van der Waals surface area contributed by atoms with E-state index in [1.165, 1.54) is 10.1 Å². The van der Waals surface area contributed by atoms with Crippen LogP contribution in [0.5, 0.6) is 0 Å². The third-order valence-corrected chi connectivity index (χ3v) is 4.18. The van der Waals surface area contributed by atoms with Crippen molar-refractivity contribution >= 4 is 22.6 Å². The predicted octanol–water partition coefficient (Wildman–Crippen LogP) is 3.47. The Morgan fingerprint density at radius 1 is 1.12 bits per heavy atom. The molecule has 1 N–H and O–H groups in total. The smallest absolute Gasteiger partial charge is 0.272 e. The molecule has 1 amide bonds. The van der Waals surface area contributed by atoms with Crippen molar-refractivity contribution in [2.24, 2.45) is 0 Å². The molecule has 3 rings (SSSR count). The van der Waals surface area contributed by atoms with Gasteiger partial charge in [0.1, 0.15) is 12.2 Å². The van der Waals surface area contributed by atoms with Crippen LogP contribution in [-0.2, 0) is 11.3 Å². The number of aryl methyl sites for hydroxylation is 1. The van der Waals surface area contributed by atoms with E-state index in [-0.39, 0.29) is 18.0 Å². The van der Waals surface area contributed by atoms with Crippen molar-refractivity contribution in [1.82, 2.24) is 9.55 Å². The lowest BCUT2D eigenvalue weighted by Gasteiger charge is -2.12. The molecule has 25 heavy (non-hydrogen) atoms. The van der Waals surface area contributed by atoms with Crippen molar-refractivity contribution in [3.05, 3.63) is 70.1 Å². The fourth-order valence-electron chi connectivity index (χ4n) is 2.77. The topological polar surface area (TPSA) is 64.0 Å². The fraction of sp³-hybridized carbons (Fsp3) is 0.250. The van der Waals surface area contributed by atoms with Gasteiger partial charge in [-0.2, -0.15) is 0 Å². The Hall–Kier alpha value is -2.95. The number of hydrogen-bond donors (Lipinski definition) is 1. The number of carbonyl (C=O) groups is 1. The molecule has 0 radical (unpaired) electrons. The Morgan fingerprint density at radius 3 is 2.48 bits per heavy atom. The first kappa shape index (κ1) is 16.9. The number of nitrogens with zero attached hydrogens (tertiary/aromatic N) is 2. The van der Waals surface area contributed by atoms with Gasteiger partial charge in [0.2, 0.25) is 5.91 Å². The monoisotopic (exact) mass is 335 g/mol. The molecular weight excluding hydrogens is 314 g/mol. The molecule has 128 valence electrons. The highest BCUT2D eigenvalue weighted by Crippen LogP contribution is 2.17. The van der Waals surface area contributed by atoms with E-state index in [0.717, 1.165) is 5.69 Å². The van der Waals surface area contributed by atoms with Crippen LogP contribution in [0, 0.1) is 6.92 Å². The van der Waals surface area contributed by atoms with Crippen LogP contribution >= 0.6 is 0 Å². The number of para-hydroxylation sites is 2. The zero-order valence-corrected chi connectivity index (χ0v) is 14.6. The molecule has 0 bridgehead atoms. The summed E-state index contributed by atoms with van der Waals surface area (Å²) in [5.41, 5.74) is 3.43. The quantitative estimate of drug-likeness (QED) is 0.794. The Labute approximate surface area is 146 Å². The van der Waals surface area contributed by atoms with Crippen LogP contribution in [0.1, 0.15) is 31.0 Å². The first-order valence-corrected chi connectivity index (χ1v) is 8.31. The Balaban J connectivity index is 1.85. The van der Waals surface area contributed by atoms with E-state index < -0.39 is 0 Å². The summed E-state index contributed by atoms with van der Waals surface area (Å²) in [5, 5.41) is 2.85. The van der Waals surface area contributed by atoms with Crippen LogP contribution in [0.2, 0.25) is 0 Å². The molecule has 1 aromatic heterocycles. The highest BCUT2D eigenvalue weighted by molar-refractivity contribution is 5.91. The summed E-state index contributed by atoms with van der Waals surface area (Å²) in [4.78, 5) is 29.1. The van der Waals surface area contributed by atoms with Crippen molar-refractivity contribution in [2.75, 3.05) is 5.32 Å². The van der Waals surface area contributed by atoms with E-state index >= 15 is 0 Å². The van der Waals surface area contributed by atoms with E-state index in [0.29, 0.717) is 22.6 Å². The van der Waals surface area contributed by atoms with E-state index in [4.69, 9.17) is 0 Å². The van der Waals surface area contributed by atoms with Crippen LogP contribution in [0.3, 0.4) is 0 Å². The number of carbonyl (C=O) groups excluding carboxylic acids is 1. The van der Waals surface area contributed by atoms with Crippen molar-refractivity contribution in [3.63, 3.8) is 0 Å². The van der Waals surface area contributed by atoms with E-state index in [1.54, 1.807) is 13.0 Å². The van der Waals surface area contributed by atoms with Gasteiger partial charge in [0.25, 0.3) is 5.56 Å². The van der Waals surface area contributed by atoms with E-state index in [2.05, 4.69) is 24.1 Å². The number of amides is 1. The van der Waals surface area contributed by atoms with Crippen LogP contribution in [-0.4, -0.2) is 15.5 Å². The van der Waals surface area contributed by atoms with Crippen molar-refractivity contribution in [3.8, 4) is 0 Å². The molecule has 5 nitrogen and oxygen atoms in total. The number of hydrogen-bond acceptors (Lipinski definition) is 3. The summed E-state index contributed by atoms with van der Waals surface area (Å²) in [6.07, 6.45) is 0. The number of rotatable bonds is 4. The summed E-state index contributed by atoms with van der Waals surface area (Å²) in [6.45, 7) is 5.86. The van der Waals surface area contributed by atoms with E-state index in [9.17, 15) is 9.59 Å². The van der Waals surface area contributed by atoms with Crippen molar-refractivity contribution < 1.29 is 4.79 Å². The number of fused-ring (bicyclic) bond motifs is 1. The Morgan fingerprint density at radius 2 is 1.80 bits per heavy atom. The highest BCUT2D eigenvalue weighted by atomic mass is 16.2. The first-order chi connectivity index (χ1) is 12.0. The zero-order chi connectivity index (χ0) is 18.0. The van der Waals surface area contributed by atoms with Gasteiger partial charge in [-0.15, -0.1) is 0 Å². The zero-order valence-electron chi connectivity index (χ0n) is 14.6. The molecule has 5 heteroatoms. The number of benzene rings is 2. The van der Waals surface area contributed by atoms with Gasteiger partial charge in [-0.25, -0.2) is 4.98 Å². The average Bonchev–Trinajstić information content (AvgIpc) is 2.59. The minimum absolute atomic E-state index is 0.0470. The van der Waals surface area contributed by atoms with Crippen molar-refractivity contribution in [2.45, 2.75) is 33.2 Å². The van der Waals surface area contributed by atoms with Gasteiger partial charge in [-0.05, 0) is 42.7 Å². The lowest BCUT2D eigenvalue weighted by Crippen LogP contribution is -2.30. The number of nitrogens with one attached hydrogen (secondary N) is 1. The lowest BCUT2D eigenvalue weighted by molar-refractivity contribution is -0.116. The predicted molar refractivity (Wildman–Crippen MR) is 99.9 cm³/mol. The minimum atomic E-state index is -0.246. The maximum atomic E-state index is 12.4. The molecule has 2 aromatic carbocycles. The normalized spacial score (nSPS) is 11.0. The molecule has 0 spiro atoms. The SMILES string of the molecule is Cc1nc2ccccc2n(CC(=O)Nc2ccc(C(C)C)cc2)c1=O. The van der Waals surface area contributed by atoms with Gasteiger partial charge in [0, 0.05) is 5.69 Å². The van der Waals surface area contributed by atoms with Crippen molar-refractivity contribution in [1.29, 1.82) is 0 Å². The second-order valence-electron chi connectivity index (χ2n) is 6.40. The summed E-state index contributed by atoms with van der Waals surface area (Å²) < 4.78 is 1.47. The summed E-state index contributed by atoms with van der Waals surface area (Å²) in [5.74, 6) is 0.199. The molecule has 0 saturated carbocycles. The number of anilines is 1. The van der Waals surface area contributed by atoms with Gasteiger partial charge in [-0.1, -0.05) is 38.1 Å². The van der Waals surface area contributed by atoms with Crippen LogP contribution in [0.4, 0.5) is 5.69 Å². The van der Waals surface area contributed by atoms with Crippen LogP contribution in [0.15, 0.2) is 53.3 Å². The van der Waals surface area contributed by atoms with Crippen LogP contribution < -0.4 is 10.9 Å². The third kappa shape index (κ3) is 3.60. The molecule has 0 fully saturated rings. The highest BCUT2D eigenvalue weighted by Gasteiger charge is 2.11. The second-order valence-corrected chi connectivity index (χ2v) is 6.40. The molecule has 1 heterocycles. The van der Waals surface area contributed by atoms with Gasteiger partial charge < -0.3 is 5.32 Å². The first-order valence-electron chi connectivity index (χ1n) is 8.31. The van der Waals surface area contributed by atoms with Gasteiger partial charge >= 0.3 is 0 Å². The number of aromatic nitrogens is 2. The molecular formula is C20H21N3O2. The molecule has 0 aliphatic carbocycles. The summed E-state index contributed by atoms with van der Waals surface area (Å²) in [6, 6.07) is 15.1. The Kier molecular flexibility index (Phi) is 4.65. The largest absolute Gasteiger partial charge is 0.325 e. The maximum absolute atomic E-state index is 12.4. The lowest BCUT2D eigenvalue weighted by atomic mass is 10.0. The molecule has 3 aromatic rings. The third-order valence-electron chi connectivity index (χ3n) is 4.18. The molecule has 0 unspecified atom stereocenters. The van der Waals surface area contributed by atoms with Gasteiger partial charge in [0.05, 0.1) is 11.0 Å². The minimum Gasteiger partial charge on any atom is -0.325 e. The van der Waals surface area contributed by atoms with E-state index in [1.807, 2.05) is 42.5 Å².